The fourth-order valence-electron chi connectivity index (χ4n) is 1.38. The van der Waals surface area contributed by atoms with E-state index >= 15 is 0 Å². The van der Waals surface area contributed by atoms with Gasteiger partial charge in [-0.1, -0.05) is 12.1 Å². The quantitative estimate of drug-likeness (QED) is 0.775. The molecule has 72 valence electrons. The second-order valence-corrected chi connectivity index (χ2v) is 3.03. The molecule has 0 amide bonds. The maximum atomic E-state index is 13.3. The summed E-state index contributed by atoms with van der Waals surface area (Å²) in [5.41, 5.74) is 7.15. The van der Waals surface area contributed by atoms with Gasteiger partial charge in [0.25, 0.3) is 0 Å². The van der Waals surface area contributed by atoms with Crippen LogP contribution in [-0.4, -0.2) is 13.7 Å². The number of halogens is 1. The molecule has 1 aromatic rings. The first-order chi connectivity index (χ1) is 6.16. The van der Waals surface area contributed by atoms with Crippen LogP contribution in [-0.2, 0) is 4.74 Å². The molecule has 3 heteroatoms. The first-order valence-corrected chi connectivity index (χ1v) is 4.16. The molecule has 2 N–H and O–H groups in total. The number of rotatable bonds is 3. The summed E-state index contributed by atoms with van der Waals surface area (Å²) in [6.07, 6.45) is 0. The number of aryl methyl sites for hydroxylation is 1. The van der Waals surface area contributed by atoms with Gasteiger partial charge in [0.05, 0.1) is 12.6 Å². The van der Waals surface area contributed by atoms with Crippen LogP contribution in [0, 0.1) is 12.7 Å². The number of nitrogens with two attached hydrogens (primary N) is 1. The van der Waals surface area contributed by atoms with Gasteiger partial charge in [0.1, 0.15) is 5.82 Å². The van der Waals surface area contributed by atoms with Crippen LogP contribution in [0.1, 0.15) is 17.2 Å². The molecule has 1 atom stereocenters. The number of hydrogen-bond donors (Lipinski definition) is 1. The van der Waals surface area contributed by atoms with Crippen molar-refractivity contribution in [3.8, 4) is 0 Å². The molecule has 0 radical (unpaired) electrons. The van der Waals surface area contributed by atoms with E-state index in [9.17, 15) is 4.39 Å². The first kappa shape index (κ1) is 10.2. The minimum absolute atomic E-state index is 0.260. The molecule has 0 spiro atoms. The van der Waals surface area contributed by atoms with Gasteiger partial charge in [-0.25, -0.2) is 4.39 Å². The summed E-state index contributed by atoms with van der Waals surface area (Å²) in [6, 6.07) is 4.55. The zero-order valence-electron chi connectivity index (χ0n) is 7.88. The van der Waals surface area contributed by atoms with Crippen LogP contribution in [0.25, 0.3) is 0 Å². The highest BCUT2D eigenvalue weighted by Gasteiger charge is 2.12. The normalized spacial score (nSPS) is 12.9. The van der Waals surface area contributed by atoms with Gasteiger partial charge in [0.2, 0.25) is 0 Å². The molecule has 1 unspecified atom stereocenters. The summed E-state index contributed by atoms with van der Waals surface area (Å²) in [5, 5.41) is 0. The van der Waals surface area contributed by atoms with Crippen LogP contribution >= 0.6 is 0 Å². The fraction of sp³-hybridized carbons (Fsp3) is 0.400. The Morgan fingerprint density at radius 1 is 1.54 bits per heavy atom. The van der Waals surface area contributed by atoms with Crippen LogP contribution in [0.5, 0.6) is 0 Å². The molecule has 0 aliphatic heterocycles. The first-order valence-electron chi connectivity index (χ1n) is 4.16. The molecule has 0 bridgehead atoms. The van der Waals surface area contributed by atoms with Gasteiger partial charge in [-0.3, -0.25) is 0 Å². The summed E-state index contributed by atoms with van der Waals surface area (Å²) in [4.78, 5) is 0. The molecule has 1 rings (SSSR count). The van der Waals surface area contributed by atoms with Crippen LogP contribution < -0.4 is 5.73 Å². The molecule has 0 aliphatic rings. The van der Waals surface area contributed by atoms with Crippen molar-refractivity contribution in [3.63, 3.8) is 0 Å². The molecule has 1 aromatic carbocycles. The zero-order valence-corrected chi connectivity index (χ0v) is 7.88. The van der Waals surface area contributed by atoms with Crippen LogP contribution in [0.3, 0.4) is 0 Å². The van der Waals surface area contributed by atoms with Crippen LogP contribution in [0.2, 0.25) is 0 Å². The Morgan fingerprint density at radius 2 is 2.23 bits per heavy atom. The molecule has 2 nitrogen and oxygen atoms in total. The zero-order chi connectivity index (χ0) is 9.84. The van der Waals surface area contributed by atoms with Gasteiger partial charge >= 0.3 is 0 Å². The highest BCUT2D eigenvalue weighted by atomic mass is 19.1. The lowest BCUT2D eigenvalue weighted by Crippen LogP contribution is -2.18. The Balaban J connectivity index is 2.98. The molecular weight excluding hydrogens is 169 g/mol. The van der Waals surface area contributed by atoms with Crippen molar-refractivity contribution in [1.29, 1.82) is 0 Å². The van der Waals surface area contributed by atoms with E-state index in [1.165, 1.54) is 6.07 Å². The summed E-state index contributed by atoms with van der Waals surface area (Å²) in [6.45, 7) is 2.18. The number of methoxy groups -OCH3 is 1. The Hall–Kier alpha value is -0.930. The Bertz CT molecular complexity index is 268. The smallest absolute Gasteiger partial charge is 0.128 e. The molecule has 0 heterocycles. The van der Waals surface area contributed by atoms with E-state index in [0.29, 0.717) is 12.2 Å². The third-order valence-electron chi connectivity index (χ3n) is 1.99. The lowest BCUT2D eigenvalue weighted by atomic mass is 10.0. The van der Waals surface area contributed by atoms with Crippen LogP contribution in [0.4, 0.5) is 4.39 Å². The van der Waals surface area contributed by atoms with E-state index in [2.05, 4.69) is 0 Å². The summed E-state index contributed by atoms with van der Waals surface area (Å²) in [5.74, 6) is -0.260. The van der Waals surface area contributed by atoms with Crippen molar-refractivity contribution < 1.29 is 9.13 Å². The third-order valence-corrected chi connectivity index (χ3v) is 1.99. The number of benzene rings is 1. The number of hydrogen-bond acceptors (Lipinski definition) is 2. The molecule has 0 saturated heterocycles. The summed E-state index contributed by atoms with van der Waals surface area (Å²) in [7, 11) is 1.55. The lowest BCUT2D eigenvalue weighted by Gasteiger charge is -2.14. The SMILES string of the molecule is COCC(N)c1c(C)cccc1F. The van der Waals surface area contributed by atoms with E-state index in [1.54, 1.807) is 13.2 Å². The predicted octanol–water partition coefficient (Wildman–Crippen LogP) is 1.78. The van der Waals surface area contributed by atoms with Crippen molar-refractivity contribution in [3.05, 3.63) is 35.1 Å². The van der Waals surface area contributed by atoms with Crippen LogP contribution in [0.15, 0.2) is 18.2 Å². The average molecular weight is 183 g/mol. The van der Waals surface area contributed by atoms with Gasteiger partial charge in [-0.05, 0) is 18.6 Å². The Labute approximate surface area is 77.5 Å². The second-order valence-electron chi connectivity index (χ2n) is 3.03. The van der Waals surface area contributed by atoms with E-state index in [-0.39, 0.29) is 11.9 Å². The molecular formula is C10H14FNO. The van der Waals surface area contributed by atoms with E-state index < -0.39 is 0 Å². The molecule has 0 aliphatic carbocycles. The van der Waals surface area contributed by atoms with Crippen molar-refractivity contribution in [1.82, 2.24) is 0 Å². The van der Waals surface area contributed by atoms with Crippen molar-refractivity contribution >= 4 is 0 Å². The summed E-state index contributed by atoms with van der Waals surface area (Å²) >= 11 is 0. The molecule has 0 saturated carbocycles. The molecule has 13 heavy (non-hydrogen) atoms. The average Bonchev–Trinajstić information content (AvgIpc) is 2.04. The van der Waals surface area contributed by atoms with Gasteiger partial charge in [0, 0.05) is 12.7 Å². The Kier molecular flexibility index (Phi) is 3.39. The second kappa shape index (κ2) is 4.35. The monoisotopic (exact) mass is 183 g/mol. The summed E-state index contributed by atoms with van der Waals surface area (Å²) < 4.78 is 18.2. The van der Waals surface area contributed by atoms with E-state index in [4.69, 9.17) is 10.5 Å². The van der Waals surface area contributed by atoms with Gasteiger partial charge < -0.3 is 10.5 Å². The van der Waals surface area contributed by atoms with Gasteiger partial charge in [-0.2, -0.15) is 0 Å². The highest BCUT2D eigenvalue weighted by molar-refractivity contribution is 5.30. The lowest BCUT2D eigenvalue weighted by molar-refractivity contribution is 0.179. The maximum Gasteiger partial charge on any atom is 0.128 e. The minimum Gasteiger partial charge on any atom is -0.383 e. The third kappa shape index (κ3) is 2.26. The van der Waals surface area contributed by atoms with Crippen molar-refractivity contribution in [2.45, 2.75) is 13.0 Å². The number of ether oxygens (including phenoxy) is 1. The predicted molar refractivity (Wildman–Crippen MR) is 49.9 cm³/mol. The van der Waals surface area contributed by atoms with Gasteiger partial charge in [-0.15, -0.1) is 0 Å². The van der Waals surface area contributed by atoms with E-state index in [0.717, 1.165) is 5.56 Å². The van der Waals surface area contributed by atoms with Crippen molar-refractivity contribution in [2.24, 2.45) is 5.73 Å². The fourth-order valence-corrected chi connectivity index (χ4v) is 1.38. The minimum atomic E-state index is -0.383. The maximum absolute atomic E-state index is 13.3. The molecule has 0 aromatic heterocycles. The van der Waals surface area contributed by atoms with Crippen molar-refractivity contribution in [2.75, 3.05) is 13.7 Å². The Morgan fingerprint density at radius 3 is 2.77 bits per heavy atom. The topological polar surface area (TPSA) is 35.2 Å². The largest absolute Gasteiger partial charge is 0.383 e. The van der Waals surface area contributed by atoms with Gasteiger partial charge in [0.15, 0.2) is 0 Å². The standard InChI is InChI=1S/C10H14FNO/c1-7-4-3-5-8(11)10(7)9(12)6-13-2/h3-5,9H,6,12H2,1-2H3. The van der Waals surface area contributed by atoms with E-state index in [1.807, 2.05) is 13.0 Å². The molecule has 0 fully saturated rings. The highest BCUT2D eigenvalue weighted by Crippen LogP contribution is 2.19.